The number of para-hydroxylation sites is 2. The Bertz CT molecular complexity index is 1150. The molecule has 3 aromatic carbocycles. The van der Waals surface area contributed by atoms with E-state index < -0.39 is 0 Å². The minimum atomic E-state index is -0.148. The van der Waals surface area contributed by atoms with E-state index in [0.717, 1.165) is 38.0 Å². The lowest BCUT2D eigenvalue weighted by Gasteiger charge is -2.23. The number of aromatic hydroxyl groups is 1. The first-order valence-electron chi connectivity index (χ1n) is 9.68. The number of rotatable bonds is 2. The average Bonchev–Trinajstić information content (AvgIpc) is 2.99. The molecule has 0 spiro atoms. The maximum absolute atomic E-state index is 12.1. The molecule has 0 atom stereocenters. The summed E-state index contributed by atoms with van der Waals surface area (Å²) in [4.78, 5) is 15.9. The molecule has 0 aromatic heterocycles. The fourth-order valence-corrected chi connectivity index (χ4v) is 4.76. The Kier molecular flexibility index (Phi) is 4.77. The molecule has 0 saturated carbocycles. The van der Waals surface area contributed by atoms with Crippen molar-refractivity contribution in [3.63, 3.8) is 0 Å². The zero-order valence-corrected chi connectivity index (χ0v) is 16.9. The lowest BCUT2D eigenvalue weighted by molar-refractivity contribution is -0.130. The van der Waals surface area contributed by atoms with Gasteiger partial charge in [0.2, 0.25) is 5.91 Å². The van der Waals surface area contributed by atoms with Crippen LogP contribution in [0, 0.1) is 0 Å². The summed E-state index contributed by atoms with van der Waals surface area (Å²) in [6, 6.07) is 17.5. The molecule has 3 aromatic rings. The van der Waals surface area contributed by atoms with Crippen LogP contribution in [-0.2, 0) is 11.3 Å². The van der Waals surface area contributed by atoms with Crippen LogP contribution in [0.25, 0.3) is 11.1 Å². The normalized spacial score (nSPS) is 14.5. The van der Waals surface area contributed by atoms with Crippen molar-refractivity contribution in [2.45, 2.75) is 16.3 Å². The number of carbonyl (C=O) groups is 1. The van der Waals surface area contributed by atoms with Gasteiger partial charge in [0.1, 0.15) is 18.1 Å². The fourth-order valence-electron chi connectivity index (χ4n) is 3.77. The summed E-state index contributed by atoms with van der Waals surface area (Å²) in [7, 11) is 0. The summed E-state index contributed by atoms with van der Waals surface area (Å²) >= 11 is 1.66. The van der Waals surface area contributed by atoms with Gasteiger partial charge in [0.05, 0.1) is 22.9 Å². The van der Waals surface area contributed by atoms with E-state index in [0.29, 0.717) is 25.4 Å². The number of amides is 1. The van der Waals surface area contributed by atoms with Crippen LogP contribution >= 0.6 is 11.8 Å². The van der Waals surface area contributed by atoms with Crippen LogP contribution in [0.4, 0.5) is 0 Å². The van der Waals surface area contributed by atoms with Crippen molar-refractivity contribution in [3.05, 3.63) is 60.2 Å². The highest BCUT2D eigenvalue weighted by molar-refractivity contribution is 7.99. The summed E-state index contributed by atoms with van der Waals surface area (Å²) in [5.74, 6) is 1.88. The van der Waals surface area contributed by atoms with Crippen LogP contribution in [0.5, 0.6) is 23.0 Å². The Balaban J connectivity index is 1.58. The molecule has 2 heterocycles. The third-order valence-electron chi connectivity index (χ3n) is 5.21. The van der Waals surface area contributed by atoms with Gasteiger partial charge in [-0.2, -0.15) is 0 Å². The smallest absolute Gasteiger partial charge is 0.236 e. The largest absolute Gasteiger partial charge is 0.504 e. The molecule has 0 unspecified atom stereocenters. The number of phenolic OH excluding ortho intramolecular Hbond substituents is 1. The lowest BCUT2D eigenvalue weighted by atomic mass is 10.00. The molecule has 3 N–H and O–H groups in total. The standard InChI is InChI=1S/C23H20N2O4S/c24-12-21(27)25-8-9-28-22-15(13-25)10-14(11-17(22)26)16-4-3-7-20-23(16)29-18-5-1-2-6-19(18)30-20/h1-7,10-11,26H,8-9,12-13,24H2. The van der Waals surface area contributed by atoms with E-state index in [-0.39, 0.29) is 18.2 Å². The summed E-state index contributed by atoms with van der Waals surface area (Å²) in [5.41, 5.74) is 7.95. The van der Waals surface area contributed by atoms with Crippen molar-refractivity contribution in [1.82, 2.24) is 4.90 Å². The molecule has 7 heteroatoms. The molecule has 5 rings (SSSR count). The highest BCUT2D eigenvalue weighted by Gasteiger charge is 2.25. The van der Waals surface area contributed by atoms with E-state index >= 15 is 0 Å². The number of benzene rings is 3. The molecule has 2 aliphatic heterocycles. The second kappa shape index (κ2) is 7.59. The van der Waals surface area contributed by atoms with Crippen LogP contribution in [0.2, 0.25) is 0 Å². The first-order valence-corrected chi connectivity index (χ1v) is 10.5. The summed E-state index contributed by atoms with van der Waals surface area (Å²) in [6.07, 6.45) is 0. The van der Waals surface area contributed by atoms with Crippen molar-refractivity contribution < 1.29 is 19.4 Å². The summed E-state index contributed by atoms with van der Waals surface area (Å²) in [6.45, 7) is 1.01. The van der Waals surface area contributed by atoms with E-state index in [1.165, 1.54) is 0 Å². The van der Waals surface area contributed by atoms with Gasteiger partial charge in [-0.1, -0.05) is 36.0 Å². The first kappa shape index (κ1) is 18.8. The molecule has 0 radical (unpaired) electrons. The summed E-state index contributed by atoms with van der Waals surface area (Å²) in [5, 5.41) is 10.7. The van der Waals surface area contributed by atoms with Crippen molar-refractivity contribution in [3.8, 4) is 34.1 Å². The Morgan fingerprint density at radius 3 is 2.80 bits per heavy atom. The molecular weight excluding hydrogens is 400 g/mol. The zero-order chi connectivity index (χ0) is 20.7. The molecule has 152 valence electrons. The molecule has 1 amide bonds. The number of hydrogen-bond acceptors (Lipinski definition) is 6. The number of fused-ring (bicyclic) bond motifs is 3. The van der Waals surface area contributed by atoms with Gasteiger partial charge in [-0.3, -0.25) is 4.79 Å². The molecule has 30 heavy (non-hydrogen) atoms. The maximum atomic E-state index is 12.1. The number of phenols is 1. The van der Waals surface area contributed by atoms with Gasteiger partial charge in [0.15, 0.2) is 11.5 Å². The Morgan fingerprint density at radius 1 is 1.10 bits per heavy atom. The predicted molar refractivity (Wildman–Crippen MR) is 114 cm³/mol. The van der Waals surface area contributed by atoms with E-state index in [1.54, 1.807) is 22.7 Å². The number of nitrogens with zero attached hydrogens (tertiary/aromatic N) is 1. The van der Waals surface area contributed by atoms with Crippen LogP contribution in [0.15, 0.2) is 64.4 Å². The van der Waals surface area contributed by atoms with E-state index in [2.05, 4.69) is 0 Å². The second-order valence-corrected chi connectivity index (χ2v) is 8.22. The topological polar surface area (TPSA) is 85.0 Å². The van der Waals surface area contributed by atoms with E-state index in [9.17, 15) is 9.90 Å². The van der Waals surface area contributed by atoms with Gasteiger partial charge in [-0.05, 0) is 35.9 Å². The van der Waals surface area contributed by atoms with Crippen LogP contribution < -0.4 is 15.2 Å². The van der Waals surface area contributed by atoms with Crippen molar-refractivity contribution >= 4 is 17.7 Å². The third-order valence-corrected chi connectivity index (χ3v) is 6.31. The van der Waals surface area contributed by atoms with Gasteiger partial charge < -0.3 is 25.2 Å². The predicted octanol–water partition coefficient (Wildman–Crippen LogP) is 4.00. The van der Waals surface area contributed by atoms with Crippen molar-refractivity contribution in [1.29, 1.82) is 0 Å². The van der Waals surface area contributed by atoms with Crippen LogP contribution in [-0.4, -0.2) is 35.6 Å². The number of ether oxygens (including phenoxy) is 2. The molecule has 0 fully saturated rings. The highest BCUT2D eigenvalue weighted by atomic mass is 32.2. The molecule has 0 saturated heterocycles. The van der Waals surface area contributed by atoms with Gasteiger partial charge in [0.25, 0.3) is 0 Å². The van der Waals surface area contributed by atoms with Gasteiger partial charge in [-0.15, -0.1) is 0 Å². The number of hydrogen-bond donors (Lipinski definition) is 2. The van der Waals surface area contributed by atoms with Crippen molar-refractivity contribution in [2.75, 3.05) is 19.7 Å². The fraction of sp³-hybridized carbons (Fsp3) is 0.174. The first-order chi connectivity index (χ1) is 14.6. The maximum Gasteiger partial charge on any atom is 0.236 e. The monoisotopic (exact) mass is 420 g/mol. The minimum Gasteiger partial charge on any atom is -0.504 e. The van der Waals surface area contributed by atoms with E-state index in [4.69, 9.17) is 15.2 Å². The van der Waals surface area contributed by atoms with Gasteiger partial charge in [0, 0.05) is 17.7 Å². The quantitative estimate of drug-likeness (QED) is 0.510. The Hall–Kier alpha value is -3.16. The summed E-state index contributed by atoms with van der Waals surface area (Å²) < 4.78 is 12.0. The average molecular weight is 420 g/mol. The van der Waals surface area contributed by atoms with Crippen LogP contribution in [0.1, 0.15) is 5.56 Å². The van der Waals surface area contributed by atoms with Gasteiger partial charge >= 0.3 is 0 Å². The molecular formula is C23H20N2O4S. The van der Waals surface area contributed by atoms with Crippen LogP contribution in [0.3, 0.4) is 0 Å². The molecule has 6 nitrogen and oxygen atoms in total. The molecule has 0 aliphatic carbocycles. The molecule has 2 aliphatic rings. The van der Waals surface area contributed by atoms with E-state index in [1.807, 2.05) is 48.5 Å². The number of carbonyl (C=O) groups excluding carboxylic acids is 1. The number of nitrogens with two attached hydrogens (primary N) is 1. The minimum absolute atomic E-state index is 0.0472. The van der Waals surface area contributed by atoms with Crippen molar-refractivity contribution in [2.24, 2.45) is 5.73 Å². The Labute approximate surface area is 178 Å². The third kappa shape index (κ3) is 3.26. The second-order valence-electron chi connectivity index (χ2n) is 7.14. The SMILES string of the molecule is NCC(=O)N1CCOc2c(O)cc(-c3cccc4c3Oc3ccccc3S4)cc2C1. The van der Waals surface area contributed by atoms with Gasteiger partial charge in [-0.25, -0.2) is 0 Å². The lowest BCUT2D eigenvalue weighted by Crippen LogP contribution is -2.36. The highest BCUT2D eigenvalue weighted by Crippen LogP contribution is 2.51. The zero-order valence-electron chi connectivity index (χ0n) is 16.1. The Morgan fingerprint density at radius 2 is 1.93 bits per heavy atom. The molecule has 0 bridgehead atoms.